The molecule has 0 spiro atoms. The molecule has 1 N–H and O–H groups in total. The van der Waals surface area contributed by atoms with Gasteiger partial charge in [-0.1, -0.05) is 0 Å². The van der Waals surface area contributed by atoms with Gasteiger partial charge in [-0.2, -0.15) is 0 Å². The Bertz CT molecular complexity index is 745. The van der Waals surface area contributed by atoms with Gasteiger partial charge in [-0.05, 0) is 29.6 Å². The van der Waals surface area contributed by atoms with Gasteiger partial charge < -0.3 is 14.8 Å². The van der Waals surface area contributed by atoms with Crippen molar-refractivity contribution in [2.24, 2.45) is 0 Å². The molecule has 21 heavy (non-hydrogen) atoms. The molecule has 1 aromatic carbocycles. The largest absolute Gasteiger partial charge is 0.497 e. The fourth-order valence-electron chi connectivity index (χ4n) is 2.03. The molecule has 0 unspecified atom stereocenters. The van der Waals surface area contributed by atoms with Crippen LogP contribution >= 0.6 is 23.7 Å². The average molecular weight is 323 g/mol. The van der Waals surface area contributed by atoms with Gasteiger partial charge in [-0.15, -0.1) is 23.7 Å². The van der Waals surface area contributed by atoms with E-state index in [2.05, 4.69) is 21.7 Å². The van der Waals surface area contributed by atoms with Crippen LogP contribution in [0.25, 0.3) is 10.1 Å². The Hall–Kier alpha value is -1.98. The number of pyridine rings is 1. The van der Waals surface area contributed by atoms with Gasteiger partial charge in [-0.25, -0.2) is 4.98 Å². The quantitative estimate of drug-likeness (QED) is 0.769. The molecule has 4 nitrogen and oxygen atoms in total. The monoisotopic (exact) mass is 322 g/mol. The van der Waals surface area contributed by atoms with Gasteiger partial charge in [0.25, 0.3) is 0 Å². The molecule has 0 atom stereocenters. The summed E-state index contributed by atoms with van der Waals surface area (Å²) >= 11 is 1.69. The first kappa shape index (κ1) is 15.4. The second-order valence-corrected chi connectivity index (χ2v) is 5.13. The lowest BCUT2D eigenvalue weighted by atomic mass is 10.2. The van der Waals surface area contributed by atoms with Gasteiger partial charge in [0.1, 0.15) is 17.3 Å². The molecule has 6 heteroatoms. The Labute approximate surface area is 133 Å². The van der Waals surface area contributed by atoms with E-state index in [9.17, 15) is 0 Å². The van der Waals surface area contributed by atoms with Gasteiger partial charge in [0, 0.05) is 22.3 Å². The number of methoxy groups -OCH3 is 2. The lowest BCUT2D eigenvalue weighted by molar-refractivity contribution is 0.405. The molecule has 0 fully saturated rings. The van der Waals surface area contributed by atoms with E-state index in [4.69, 9.17) is 9.47 Å². The molecule has 0 aliphatic heterocycles. The van der Waals surface area contributed by atoms with E-state index in [-0.39, 0.29) is 12.4 Å². The maximum absolute atomic E-state index is 5.37. The Kier molecular flexibility index (Phi) is 4.88. The maximum atomic E-state index is 5.37. The molecule has 0 aliphatic rings. The van der Waals surface area contributed by atoms with Crippen LogP contribution in [-0.2, 0) is 0 Å². The van der Waals surface area contributed by atoms with Crippen LogP contribution in [0.15, 0.2) is 41.9 Å². The Morgan fingerprint density at radius 1 is 1.10 bits per heavy atom. The number of nitrogens with one attached hydrogen (secondary N) is 1. The second kappa shape index (κ2) is 6.65. The van der Waals surface area contributed by atoms with Crippen LogP contribution in [0.1, 0.15) is 0 Å². The topological polar surface area (TPSA) is 43.4 Å². The highest BCUT2D eigenvalue weighted by molar-refractivity contribution is 7.17. The molecule has 0 bridgehead atoms. The maximum Gasteiger partial charge on any atom is 0.142 e. The van der Waals surface area contributed by atoms with E-state index in [0.29, 0.717) is 0 Å². The number of hydrogen-bond donors (Lipinski definition) is 1. The third-order valence-corrected chi connectivity index (χ3v) is 3.92. The number of halogens is 1. The van der Waals surface area contributed by atoms with E-state index in [1.807, 2.05) is 24.3 Å². The van der Waals surface area contributed by atoms with Crippen LogP contribution in [0.5, 0.6) is 11.5 Å². The number of hydrogen-bond acceptors (Lipinski definition) is 5. The summed E-state index contributed by atoms with van der Waals surface area (Å²) in [4.78, 5) is 4.40. The molecule has 3 rings (SSSR count). The summed E-state index contributed by atoms with van der Waals surface area (Å²) in [5.41, 5.74) is 0.832. The van der Waals surface area contributed by atoms with E-state index >= 15 is 0 Å². The van der Waals surface area contributed by atoms with E-state index in [0.717, 1.165) is 28.4 Å². The Balaban J connectivity index is 0.00000161. The number of ether oxygens (including phenoxy) is 2. The summed E-state index contributed by atoms with van der Waals surface area (Å²) in [6, 6.07) is 9.69. The summed E-state index contributed by atoms with van der Waals surface area (Å²) in [6.45, 7) is 0. The minimum atomic E-state index is 0. The average Bonchev–Trinajstić information content (AvgIpc) is 2.96. The van der Waals surface area contributed by atoms with Crippen molar-refractivity contribution in [3.05, 3.63) is 41.9 Å². The van der Waals surface area contributed by atoms with Crippen LogP contribution in [0.2, 0.25) is 0 Å². The van der Waals surface area contributed by atoms with Gasteiger partial charge in [0.05, 0.1) is 19.9 Å². The van der Waals surface area contributed by atoms with Crippen molar-refractivity contribution in [3.8, 4) is 11.5 Å². The number of aromatic nitrogens is 1. The van der Waals surface area contributed by atoms with Crippen molar-refractivity contribution in [2.45, 2.75) is 0 Å². The van der Waals surface area contributed by atoms with Crippen LogP contribution in [0.3, 0.4) is 0 Å². The van der Waals surface area contributed by atoms with Crippen molar-refractivity contribution >= 4 is 45.3 Å². The predicted molar refractivity (Wildman–Crippen MR) is 89.7 cm³/mol. The Morgan fingerprint density at radius 2 is 1.95 bits per heavy atom. The first-order valence-corrected chi connectivity index (χ1v) is 7.01. The minimum Gasteiger partial charge on any atom is -0.497 e. The summed E-state index contributed by atoms with van der Waals surface area (Å²) in [5, 5.41) is 6.47. The molecule has 3 aromatic rings. The molecule has 0 saturated heterocycles. The minimum absolute atomic E-state index is 0. The van der Waals surface area contributed by atoms with Crippen molar-refractivity contribution in [2.75, 3.05) is 19.5 Å². The zero-order valence-electron chi connectivity index (χ0n) is 11.6. The van der Waals surface area contributed by atoms with Gasteiger partial charge in [0.2, 0.25) is 0 Å². The number of rotatable bonds is 4. The predicted octanol–water partition coefficient (Wildman–Crippen LogP) is 4.48. The van der Waals surface area contributed by atoms with Crippen molar-refractivity contribution in [3.63, 3.8) is 0 Å². The summed E-state index contributed by atoms with van der Waals surface area (Å²) in [6.07, 6.45) is 1.80. The fraction of sp³-hybridized carbons (Fsp3) is 0.133. The standard InChI is InChI=1S/C15H14N2O2S.ClH/c1-18-10-3-4-13(19-2)12(9-10)17-15-11-6-8-20-14(11)5-7-16-15;/h3-9H,1-2H3,(H,16,17);1H. The molecule has 2 aromatic heterocycles. The van der Waals surface area contributed by atoms with Gasteiger partial charge in [0.15, 0.2) is 0 Å². The highest BCUT2D eigenvalue weighted by atomic mass is 35.5. The van der Waals surface area contributed by atoms with Crippen LogP contribution in [0.4, 0.5) is 11.5 Å². The summed E-state index contributed by atoms with van der Waals surface area (Å²) < 4.78 is 11.8. The van der Waals surface area contributed by atoms with Crippen molar-refractivity contribution < 1.29 is 9.47 Å². The van der Waals surface area contributed by atoms with E-state index < -0.39 is 0 Å². The molecule has 0 saturated carbocycles. The third-order valence-electron chi connectivity index (χ3n) is 3.04. The van der Waals surface area contributed by atoms with E-state index in [1.165, 1.54) is 4.70 Å². The molecular weight excluding hydrogens is 308 g/mol. The summed E-state index contributed by atoms with van der Waals surface area (Å²) in [7, 11) is 3.29. The smallest absolute Gasteiger partial charge is 0.142 e. The number of benzene rings is 1. The molecule has 0 amide bonds. The normalized spacial score (nSPS) is 10.0. The number of fused-ring (bicyclic) bond motifs is 1. The molecule has 0 radical (unpaired) electrons. The molecule has 2 heterocycles. The highest BCUT2D eigenvalue weighted by Crippen LogP contribution is 2.34. The van der Waals surface area contributed by atoms with E-state index in [1.54, 1.807) is 31.8 Å². The number of nitrogens with zero attached hydrogens (tertiary/aromatic N) is 1. The molecule has 110 valence electrons. The van der Waals surface area contributed by atoms with Crippen LogP contribution in [0, 0.1) is 0 Å². The zero-order valence-corrected chi connectivity index (χ0v) is 13.3. The lowest BCUT2D eigenvalue weighted by Crippen LogP contribution is -1.97. The van der Waals surface area contributed by atoms with Crippen LogP contribution < -0.4 is 14.8 Å². The summed E-state index contributed by atoms with van der Waals surface area (Å²) in [5.74, 6) is 2.33. The molecule has 0 aliphatic carbocycles. The van der Waals surface area contributed by atoms with Crippen molar-refractivity contribution in [1.82, 2.24) is 4.98 Å². The number of thiophene rings is 1. The van der Waals surface area contributed by atoms with Crippen LogP contribution in [-0.4, -0.2) is 19.2 Å². The molecular formula is C15H15ClN2O2S. The zero-order chi connectivity index (χ0) is 13.9. The van der Waals surface area contributed by atoms with Gasteiger partial charge in [-0.3, -0.25) is 0 Å². The SMILES string of the molecule is COc1ccc(OC)c(Nc2nccc3sccc23)c1.Cl. The van der Waals surface area contributed by atoms with Crippen molar-refractivity contribution in [1.29, 1.82) is 0 Å². The first-order valence-electron chi connectivity index (χ1n) is 6.13. The third kappa shape index (κ3) is 3.04. The first-order chi connectivity index (χ1) is 9.81. The lowest BCUT2D eigenvalue weighted by Gasteiger charge is -2.12. The number of anilines is 2. The second-order valence-electron chi connectivity index (χ2n) is 4.18. The fourth-order valence-corrected chi connectivity index (χ4v) is 2.82. The highest BCUT2D eigenvalue weighted by Gasteiger charge is 2.09. The Morgan fingerprint density at radius 3 is 2.71 bits per heavy atom. The van der Waals surface area contributed by atoms with Gasteiger partial charge >= 0.3 is 0 Å².